The van der Waals surface area contributed by atoms with Crippen LogP contribution in [0.3, 0.4) is 0 Å². The lowest BCUT2D eigenvalue weighted by Gasteiger charge is -2.23. The maximum atomic E-state index is 12.0. The zero-order valence-corrected chi connectivity index (χ0v) is 14.1. The molecule has 0 saturated carbocycles. The summed E-state index contributed by atoms with van der Waals surface area (Å²) in [5, 5.41) is 5.06. The number of ether oxygens (including phenoxy) is 1. The van der Waals surface area contributed by atoms with Gasteiger partial charge in [0.1, 0.15) is 0 Å². The summed E-state index contributed by atoms with van der Waals surface area (Å²) >= 11 is 0. The minimum absolute atomic E-state index is 0.0428. The number of hydrogen-bond acceptors (Lipinski definition) is 5. The Morgan fingerprint density at radius 2 is 2.00 bits per heavy atom. The van der Waals surface area contributed by atoms with Crippen molar-refractivity contribution in [2.75, 3.05) is 35.6 Å². The number of carbonyl (C=O) groups excluding carboxylic acids is 2. The van der Waals surface area contributed by atoms with Gasteiger partial charge in [-0.25, -0.2) is 13.2 Å². The summed E-state index contributed by atoms with van der Waals surface area (Å²) in [5.41, 5.74) is 0.881. The Bertz CT molecular complexity index is 660. The van der Waals surface area contributed by atoms with Crippen molar-refractivity contribution < 1.29 is 22.7 Å². The highest BCUT2D eigenvalue weighted by Crippen LogP contribution is 2.21. The van der Waals surface area contributed by atoms with Gasteiger partial charge in [0.05, 0.1) is 25.1 Å². The van der Waals surface area contributed by atoms with E-state index in [-0.39, 0.29) is 25.6 Å². The zero-order chi connectivity index (χ0) is 17.5. The van der Waals surface area contributed by atoms with E-state index in [4.69, 9.17) is 4.74 Å². The SMILES string of the molecule is CCOC(=O)NCCN(c1cccc(NC(C)=O)c1)S(C)(=O)=O. The van der Waals surface area contributed by atoms with Crippen LogP contribution in [-0.4, -0.2) is 46.4 Å². The fourth-order valence-electron chi connectivity index (χ4n) is 1.87. The quantitative estimate of drug-likeness (QED) is 0.773. The van der Waals surface area contributed by atoms with Gasteiger partial charge in [-0.3, -0.25) is 9.10 Å². The van der Waals surface area contributed by atoms with E-state index in [9.17, 15) is 18.0 Å². The van der Waals surface area contributed by atoms with Gasteiger partial charge in [0.2, 0.25) is 15.9 Å². The maximum Gasteiger partial charge on any atom is 0.407 e. The highest BCUT2D eigenvalue weighted by molar-refractivity contribution is 7.92. The molecule has 0 heterocycles. The first kappa shape index (κ1) is 18.8. The number of benzene rings is 1. The lowest BCUT2D eigenvalue weighted by molar-refractivity contribution is -0.114. The molecular formula is C14H21N3O5S. The van der Waals surface area contributed by atoms with E-state index in [1.54, 1.807) is 31.2 Å². The number of nitrogens with one attached hydrogen (secondary N) is 2. The summed E-state index contributed by atoms with van der Waals surface area (Å²) in [4.78, 5) is 22.3. The molecule has 1 rings (SSSR count). The summed E-state index contributed by atoms with van der Waals surface area (Å²) in [6, 6.07) is 6.45. The molecule has 2 N–H and O–H groups in total. The summed E-state index contributed by atoms with van der Waals surface area (Å²) in [6.07, 6.45) is 0.468. The van der Waals surface area contributed by atoms with Gasteiger partial charge < -0.3 is 15.4 Å². The Labute approximate surface area is 135 Å². The van der Waals surface area contributed by atoms with Crippen LogP contribution in [0, 0.1) is 0 Å². The predicted molar refractivity (Wildman–Crippen MR) is 88.0 cm³/mol. The van der Waals surface area contributed by atoms with Crippen LogP contribution in [0.15, 0.2) is 24.3 Å². The lowest BCUT2D eigenvalue weighted by atomic mass is 10.2. The van der Waals surface area contributed by atoms with Gasteiger partial charge in [0.15, 0.2) is 0 Å². The van der Waals surface area contributed by atoms with Gasteiger partial charge in [-0.2, -0.15) is 0 Å². The number of rotatable bonds is 7. The van der Waals surface area contributed by atoms with Crippen molar-refractivity contribution in [2.24, 2.45) is 0 Å². The molecule has 0 fully saturated rings. The summed E-state index contributed by atoms with van der Waals surface area (Å²) < 4.78 is 29.8. The van der Waals surface area contributed by atoms with Crippen LogP contribution >= 0.6 is 0 Å². The van der Waals surface area contributed by atoms with Crippen molar-refractivity contribution in [1.82, 2.24) is 5.32 Å². The highest BCUT2D eigenvalue weighted by Gasteiger charge is 2.18. The number of carbonyl (C=O) groups is 2. The first-order chi connectivity index (χ1) is 10.7. The lowest BCUT2D eigenvalue weighted by Crippen LogP contribution is -2.38. The molecule has 0 aliphatic rings. The van der Waals surface area contributed by atoms with E-state index in [2.05, 4.69) is 10.6 Å². The second-order valence-electron chi connectivity index (χ2n) is 4.71. The Morgan fingerprint density at radius 1 is 1.30 bits per heavy atom. The van der Waals surface area contributed by atoms with Gasteiger partial charge >= 0.3 is 6.09 Å². The Hall–Kier alpha value is -2.29. The van der Waals surface area contributed by atoms with E-state index in [0.29, 0.717) is 11.4 Å². The molecule has 0 bridgehead atoms. The molecule has 1 aromatic rings. The monoisotopic (exact) mass is 343 g/mol. The third-order valence-corrected chi connectivity index (χ3v) is 3.91. The molecule has 0 radical (unpaired) electrons. The molecule has 0 unspecified atom stereocenters. The summed E-state index contributed by atoms with van der Waals surface area (Å²) in [6.45, 7) is 3.41. The van der Waals surface area contributed by atoms with Crippen molar-refractivity contribution >= 4 is 33.4 Å². The smallest absolute Gasteiger partial charge is 0.407 e. The second kappa shape index (κ2) is 8.37. The maximum absolute atomic E-state index is 12.0. The Balaban J connectivity index is 2.87. The van der Waals surface area contributed by atoms with Crippen LogP contribution in [0.2, 0.25) is 0 Å². The van der Waals surface area contributed by atoms with Crippen LogP contribution in [0.5, 0.6) is 0 Å². The molecule has 128 valence electrons. The molecule has 8 nitrogen and oxygen atoms in total. The Morgan fingerprint density at radius 3 is 2.57 bits per heavy atom. The molecule has 0 saturated heterocycles. The second-order valence-corrected chi connectivity index (χ2v) is 6.62. The first-order valence-electron chi connectivity index (χ1n) is 7.00. The molecular weight excluding hydrogens is 322 g/mol. The van der Waals surface area contributed by atoms with E-state index < -0.39 is 16.1 Å². The van der Waals surface area contributed by atoms with E-state index in [0.717, 1.165) is 10.6 Å². The number of sulfonamides is 1. The van der Waals surface area contributed by atoms with Gasteiger partial charge in [0.25, 0.3) is 0 Å². The zero-order valence-electron chi connectivity index (χ0n) is 13.3. The first-order valence-corrected chi connectivity index (χ1v) is 8.85. The van der Waals surface area contributed by atoms with Crippen molar-refractivity contribution in [1.29, 1.82) is 0 Å². The Kier molecular flexibility index (Phi) is 6.83. The molecule has 0 aromatic heterocycles. The largest absolute Gasteiger partial charge is 0.450 e. The molecule has 23 heavy (non-hydrogen) atoms. The molecule has 0 spiro atoms. The normalized spacial score (nSPS) is 10.7. The van der Waals surface area contributed by atoms with Crippen molar-refractivity contribution in [2.45, 2.75) is 13.8 Å². The van der Waals surface area contributed by atoms with Crippen LogP contribution in [0.1, 0.15) is 13.8 Å². The van der Waals surface area contributed by atoms with Gasteiger partial charge in [-0.1, -0.05) is 6.07 Å². The average Bonchev–Trinajstić information content (AvgIpc) is 2.42. The van der Waals surface area contributed by atoms with Crippen LogP contribution < -0.4 is 14.9 Å². The van der Waals surface area contributed by atoms with E-state index in [1.807, 2.05) is 0 Å². The fourth-order valence-corrected chi connectivity index (χ4v) is 2.79. The molecule has 0 aliphatic heterocycles. The van der Waals surface area contributed by atoms with Gasteiger partial charge in [0, 0.05) is 19.2 Å². The molecule has 1 aromatic carbocycles. The predicted octanol–water partition coefficient (Wildman–Crippen LogP) is 1.16. The number of hydrogen-bond donors (Lipinski definition) is 2. The standard InChI is InChI=1S/C14H21N3O5S/c1-4-22-14(19)15-8-9-17(23(3,20)21)13-7-5-6-12(10-13)16-11(2)18/h5-7,10H,4,8-9H2,1-3H3,(H,15,19)(H,16,18). The number of nitrogens with zero attached hydrogens (tertiary/aromatic N) is 1. The molecule has 0 atom stereocenters. The minimum Gasteiger partial charge on any atom is -0.450 e. The van der Waals surface area contributed by atoms with Crippen molar-refractivity contribution in [3.05, 3.63) is 24.3 Å². The molecule has 9 heteroatoms. The van der Waals surface area contributed by atoms with Crippen molar-refractivity contribution in [3.8, 4) is 0 Å². The third kappa shape index (κ3) is 6.55. The number of anilines is 2. The van der Waals surface area contributed by atoms with Gasteiger partial charge in [-0.15, -0.1) is 0 Å². The van der Waals surface area contributed by atoms with E-state index in [1.165, 1.54) is 6.92 Å². The minimum atomic E-state index is -3.54. The molecule has 2 amide bonds. The number of alkyl carbamates (subject to hydrolysis) is 1. The van der Waals surface area contributed by atoms with Crippen LogP contribution in [-0.2, 0) is 19.6 Å². The average molecular weight is 343 g/mol. The van der Waals surface area contributed by atoms with Crippen LogP contribution in [0.4, 0.5) is 16.2 Å². The van der Waals surface area contributed by atoms with Crippen LogP contribution in [0.25, 0.3) is 0 Å². The van der Waals surface area contributed by atoms with Crippen molar-refractivity contribution in [3.63, 3.8) is 0 Å². The molecule has 0 aliphatic carbocycles. The number of amides is 2. The van der Waals surface area contributed by atoms with Gasteiger partial charge in [-0.05, 0) is 25.1 Å². The highest BCUT2D eigenvalue weighted by atomic mass is 32.2. The summed E-state index contributed by atoms with van der Waals surface area (Å²) in [7, 11) is -3.54. The topological polar surface area (TPSA) is 105 Å². The fraction of sp³-hybridized carbons (Fsp3) is 0.429. The van der Waals surface area contributed by atoms with E-state index >= 15 is 0 Å². The third-order valence-electron chi connectivity index (χ3n) is 2.71. The summed E-state index contributed by atoms with van der Waals surface area (Å²) in [5.74, 6) is -0.253.